The fourth-order valence-corrected chi connectivity index (χ4v) is 2.57. The summed E-state index contributed by atoms with van der Waals surface area (Å²) in [6.45, 7) is 5.63. The van der Waals surface area contributed by atoms with Crippen molar-refractivity contribution in [2.24, 2.45) is 0 Å². The Morgan fingerprint density at radius 3 is 2.60 bits per heavy atom. The van der Waals surface area contributed by atoms with Crippen LogP contribution < -0.4 is 0 Å². The molecule has 0 spiro atoms. The summed E-state index contributed by atoms with van der Waals surface area (Å²) in [5.41, 5.74) is 0. The Hall–Kier alpha value is -0.801. The van der Waals surface area contributed by atoms with Gasteiger partial charge in [-0.2, -0.15) is 0 Å². The van der Waals surface area contributed by atoms with Crippen molar-refractivity contribution in [3.63, 3.8) is 0 Å². The summed E-state index contributed by atoms with van der Waals surface area (Å²) in [5.74, 6) is -1.09. The third-order valence-electron chi connectivity index (χ3n) is 1.49. The molecule has 0 aliphatic rings. The van der Waals surface area contributed by atoms with Crippen LogP contribution in [0.5, 0.6) is 0 Å². The van der Waals surface area contributed by atoms with E-state index >= 15 is 0 Å². The molecule has 0 fully saturated rings. The Labute approximate surface area is 96.2 Å². The zero-order chi connectivity index (χ0) is 11.7. The summed E-state index contributed by atoms with van der Waals surface area (Å²) in [5, 5.41) is 0.869. The Morgan fingerprint density at radius 1 is 1.47 bits per heavy atom. The minimum atomic E-state index is -0.568. The normalized spacial score (nSPS) is 11.6. The van der Waals surface area contributed by atoms with E-state index in [1.165, 1.54) is 7.11 Å². The first kappa shape index (κ1) is 14.2. The Morgan fingerprint density at radius 2 is 2.13 bits per heavy atom. The quantitative estimate of drug-likeness (QED) is 0.303. The first-order valence-electron chi connectivity index (χ1n) is 4.62. The van der Waals surface area contributed by atoms with Crippen LogP contribution in [-0.2, 0) is 19.1 Å². The molecule has 0 saturated heterocycles. The van der Waals surface area contributed by atoms with Gasteiger partial charge in [-0.3, -0.25) is 0 Å². The number of methoxy groups -OCH3 is 1. The molecular weight excluding hydrogens is 263 g/mol. The fraction of sp³-hybridized carbons (Fsp3) is 0.600. The van der Waals surface area contributed by atoms with E-state index in [4.69, 9.17) is 4.74 Å². The van der Waals surface area contributed by atoms with Crippen LogP contribution in [0.4, 0.5) is 0 Å². The molecule has 0 aliphatic heterocycles. The molecule has 0 aromatic rings. The molecule has 86 valence electrons. The van der Waals surface area contributed by atoms with Gasteiger partial charge in [0.1, 0.15) is 0 Å². The van der Waals surface area contributed by atoms with Crippen LogP contribution >= 0.6 is 0 Å². The van der Waals surface area contributed by atoms with Crippen LogP contribution in [-0.4, -0.2) is 39.0 Å². The third-order valence-corrected chi connectivity index (χ3v) is 3.58. The average molecular weight is 279 g/mol. The Kier molecular flexibility index (Phi) is 8.05. The molecule has 0 aliphatic carbocycles. The van der Waals surface area contributed by atoms with E-state index in [9.17, 15) is 9.59 Å². The third kappa shape index (κ3) is 7.17. The molecule has 0 radical (unpaired) electrons. The van der Waals surface area contributed by atoms with Gasteiger partial charge >= 0.3 is 95.8 Å². The van der Waals surface area contributed by atoms with Crippen molar-refractivity contribution >= 4 is 26.9 Å². The van der Waals surface area contributed by atoms with Gasteiger partial charge in [-0.1, -0.05) is 0 Å². The number of esters is 2. The van der Waals surface area contributed by atoms with Gasteiger partial charge in [0.2, 0.25) is 0 Å². The van der Waals surface area contributed by atoms with Gasteiger partial charge in [0.25, 0.3) is 0 Å². The van der Waals surface area contributed by atoms with Crippen molar-refractivity contribution in [2.75, 3.05) is 7.11 Å². The maximum absolute atomic E-state index is 11.2. The summed E-state index contributed by atoms with van der Waals surface area (Å²) in [6.07, 6.45) is 2.04. The first-order chi connectivity index (χ1) is 7.13. The maximum atomic E-state index is 11.2. The van der Waals surface area contributed by atoms with E-state index in [1.807, 2.05) is 6.92 Å². The second-order valence-electron chi connectivity index (χ2n) is 2.65. The second-order valence-corrected chi connectivity index (χ2v) is 5.67. The molecule has 0 bridgehead atoms. The number of ether oxygens (including phenoxy) is 2. The van der Waals surface area contributed by atoms with Crippen LogP contribution in [0.1, 0.15) is 19.8 Å². The van der Waals surface area contributed by atoms with Crippen molar-refractivity contribution < 1.29 is 19.1 Å². The van der Waals surface area contributed by atoms with Gasteiger partial charge in [0.05, 0.1) is 0 Å². The molecule has 0 rings (SSSR count). The number of hydrogen-bond acceptors (Lipinski definition) is 4. The summed E-state index contributed by atoms with van der Waals surface area (Å²) < 4.78 is 9.49. The molecule has 1 atom stereocenters. The van der Waals surface area contributed by atoms with Crippen molar-refractivity contribution in [3.8, 4) is 0 Å². The Bertz CT molecular complexity index is 227. The number of carbonyl (C=O) groups excluding carboxylic acids is 2. The van der Waals surface area contributed by atoms with Gasteiger partial charge < -0.3 is 0 Å². The topological polar surface area (TPSA) is 52.6 Å². The van der Waals surface area contributed by atoms with Crippen LogP contribution in [0.2, 0.25) is 5.32 Å². The fourth-order valence-electron chi connectivity index (χ4n) is 0.850. The number of rotatable bonds is 7. The predicted octanol–water partition coefficient (Wildman–Crippen LogP) is 1.14. The molecule has 15 heavy (non-hydrogen) atoms. The van der Waals surface area contributed by atoms with E-state index < -0.39 is 11.9 Å². The predicted molar refractivity (Wildman–Crippen MR) is 57.6 cm³/mol. The summed E-state index contributed by atoms with van der Waals surface area (Å²) in [6, 6.07) is 0. The van der Waals surface area contributed by atoms with Crippen molar-refractivity contribution in [3.05, 3.63) is 12.7 Å². The molecule has 5 heteroatoms. The number of carbonyl (C=O) groups is 2. The van der Waals surface area contributed by atoms with Gasteiger partial charge in [-0.15, -0.1) is 0 Å². The van der Waals surface area contributed by atoms with E-state index in [-0.39, 0.29) is 26.4 Å². The zero-order valence-electron chi connectivity index (χ0n) is 9.02. The molecule has 0 saturated carbocycles. The first-order valence-corrected chi connectivity index (χ1v) is 6.82. The number of hydrogen-bond donors (Lipinski definition) is 0. The van der Waals surface area contributed by atoms with Crippen LogP contribution in [0.3, 0.4) is 0 Å². The van der Waals surface area contributed by atoms with E-state index in [0.29, 0.717) is 6.42 Å². The summed E-state index contributed by atoms with van der Waals surface area (Å²) in [4.78, 5) is 22.0. The van der Waals surface area contributed by atoms with Crippen LogP contribution in [0, 0.1) is 0 Å². The minimum absolute atomic E-state index is 0.114. The molecule has 4 nitrogen and oxygen atoms in total. The van der Waals surface area contributed by atoms with E-state index in [2.05, 4.69) is 11.3 Å². The summed E-state index contributed by atoms with van der Waals surface area (Å²) in [7, 11) is 1.24. The van der Waals surface area contributed by atoms with Gasteiger partial charge in [-0.25, -0.2) is 0 Å². The molecular formula is C10H16O4Se. The van der Waals surface area contributed by atoms with Gasteiger partial charge in [0.15, 0.2) is 0 Å². The van der Waals surface area contributed by atoms with Crippen molar-refractivity contribution in [2.45, 2.75) is 30.1 Å². The molecule has 1 unspecified atom stereocenters. The van der Waals surface area contributed by atoms with Crippen LogP contribution in [0.25, 0.3) is 0 Å². The molecule has 0 N–H and O–H groups in total. The summed E-state index contributed by atoms with van der Waals surface area (Å²) >= 11 is 0.236. The van der Waals surface area contributed by atoms with Gasteiger partial charge in [0, 0.05) is 0 Å². The zero-order valence-corrected chi connectivity index (χ0v) is 10.7. The molecule has 0 heterocycles. The second kappa shape index (κ2) is 8.50. The van der Waals surface area contributed by atoms with E-state index in [0.717, 1.165) is 5.32 Å². The molecule has 0 aromatic heterocycles. The van der Waals surface area contributed by atoms with E-state index in [1.54, 1.807) is 6.08 Å². The molecule has 0 aromatic carbocycles. The van der Waals surface area contributed by atoms with Crippen molar-refractivity contribution in [1.29, 1.82) is 0 Å². The SMILES string of the molecule is C=CCC(OC(=O)CC(=O)OC)[Se]CC. The van der Waals surface area contributed by atoms with Gasteiger partial charge in [-0.05, 0) is 0 Å². The average Bonchev–Trinajstić information content (AvgIpc) is 2.18. The Balaban J connectivity index is 3.98. The monoisotopic (exact) mass is 280 g/mol. The van der Waals surface area contributed by atoms with Crippen molar-refractivity contribution in [1.82, 2.24) is 0 Å². The van der Waals surface area contributed by atoms with Crippen LogP contribution in [0.15, 0.2) is 12.7 Å². The molecule has 0 amide bonds. The standard InChI is InChI=1S/C10H16O4Se/c1-4-6-10(15-5-2)14-9(12)7-8(11)13-3/h4,10H,1,5-7H2,2-3H3.